The molecule has 2 saturated heterocycles. The maximum Gasteiger partial charge on any atom is 0.123 e. The smallest absolute Gasteiger partial charge is 0.123 e. The van der Waals surface area contributed by atoms with Crippen molar-refractivity contribution in [3.8, 4) is 0 Å². The third kappa shape index (κ3) is 4.65. The number of benzene rings is 1. The van der Waals surface area contributed by atoms with Crippen LogP contribution in [0.4, 0.5) is 4.39 Å². The van der Waals surface area contributed by atoms with Crippen LogP contribution >= 0.6 is 12.4 Å². The molecule has 1 atom stereocenters. The quantitative estimate of drug-likeness (QED) is 0.928. The van der Waals surface area contributed by atoms with Gasteiger partial charge in [0.25, 0.3) is 0 Å². The fourth-order valence-electron chi connectivity index (χ4n) is 3.21. The summed E-state index contributed by atoms with van der Waals surface area (Å²) in [5, 5.41) is 3.41. The highest BCUT2D eigenvalue weighted by atomic mass is 35.5. The Hall–Kier alpha value is -0.680. The van der Waals surface area contributed by atoms with Crippen molar-refractivity contribution < 1.29 is 9.13 Å². The van der Waals surface area contributed by atoms with E-state index in [-0.39, 0.29) is 24.3 Å². The van der Waals surface area contributed by atoms with Crippen molar-refractivity contribution in [2.45, 2.75) is 18.9 Å². The lowest BCUT2D eigenvalue weighted by Crippen LogP contribution is -2.43. The highest BCUT2D eigenvalue weighted by Gasteiger charge is 2.24. The lowest BCUT2D eigenvalue weighted by Gasteiger charge is -2.36. The van der Waals surface area contributed by atoms with Gasteiger partial charge in [-0.1, -0.05) is 12.1 Å². The molecule has 1 aromatic carbocycles. The van der Waals surface area contributed by atoms with E-state index in [4.69, 9.17) is 4.74 Å². The van der Waals surface area contributed by atoms with Gasteiger partial charge in [0.05, 0.1) is 12.7 Å². The molecule has 0 bridgehead atoms. The highest BCUT2D eigenvalue weighted by molar-refractivity contribution is 5.85. The molecule has 3 nitrogen and oxygen atoms in total. The summed E-state index contributed by atoms with van der Waals surface area (Å²) in [5.41, 5.74) is 0.958. The number of rotatable bonds is 3. The van der Waals surface area contributed by atoms with Crippen molar-refractivity contribution >= 4 is 12.4 Å². The van der Waals surface area contributed by atoms with Crippen molar-refractivity contribution in [1.29, 1.82) is 0 Å². The van der Waals surface area contributed by atoms with Gasteiger partial charge in [-0.05, 0) is 49.5 Å². The third-order valence-electron chi connectivity index (χ3n) is 4.35. The molecule has 2 fully saturated rings. The van der Waals surface area contributed by atoms with Crippen LogP contribution < -0.4 is 5.32 Å². The molecule has 3 rings (SSSR count). The highest BCUT2D eigenvalue weighted by Crippen LogP contribution is 2.24. The molecule has 2 aliphatic heterocycles. The molecule has 2 heterocycles. The van der Waals surface area contributed by atoms with E-state index in [9.17, 15) is 4.39 Å². The third-order valence-corrected chi connectivity index (χ3v) is 4.35. The van der Waals surface area contributed by atoms with Gasteiger partial charge in [0.2, 0.25) is 0 Å². The Morgan fingerprint density at radius 1 is 1.29 bits per heavy atom. The molecule has 1 aromatic rings. The largest absolute Gasteiger partial charge is 0.371 e. The minimum atomic E-state index is -0.179. The zero-order valence-corrected chi connectivity index (χ0v) is 13.1. The van der Waals surface area contributed by atoms with E-state index < -0.39 is 0 Å². The molecule has 1 N–H and O–H groups in total. The second-order valence-electron chi connectivity index (χ2n) is 5.87. The Balaban J connectivity index is 0.00000161. The van der Waals surface area contributed by atoms with Crippen LogP contribution in [0.3, 0.4) is 0 Å². The van der Waals surface area contributed by atoms with Crippen LogP contribution in [0.25, 0.3) is 0 Å². The minimum Gasteiger partial charge on any atom is -0.371 e. The first-order valence-corrected chi connectivity index (χ1v) is 7.61. The molecule has 0 amide bonds. The molecule has 0 aromatic heterocycles. The normalized spacial score (nSPS) is 24.5. The second kappa shape index (κ2) is 8.08. The molecule has 0 radical (unpaired) electrons. The van der Waals surface area contributed by atoms with Gasteiger partial charge in [0, 0.05) is 19.6 Å². The number of hydrogen-bond donors (Lipinski definition) is 1. The number of piperidine rings is 1. The maximum absolute atomic E-state index is 13.3. The summed E-state index contributed by atoms with van der Waals surface area (Å²) in [6.45, 7) is 6.05. The Bertz CT molecular complexity index is 440. The van der Waals surface area contributed by atoms with Gasteiger partial charge in [-0.25, -0.2) is 4.39 Å². The molecular formula is C16H24ClFN2O. The van der Waals surface area contributed by atoms with Gasteiger partial charge in [-0.15, -0.1) is 12.4 Å². The zero-order chi connectivity index (χ0) is 13.8. The van der Waals surface area contributed by atoms with E-state index in [0.717, 1.165) is 50.8 Å². The van der Waals surface area contributed by atoms with E-state index in [1.165, 1.54) is 18.9 Å². The van der Waals surface area contributed by atoms with E-state index in [1.54, 1.807) is 12.1 Å². The van der Waals surface area contributed by atoms with E-state index in [2.05, 4.69) is 10.2 Å². The summed E-state index contributed by atoms with van der Waals surface area (Å²) in [4.78, 5) is 2.48. The first-order valence-electron chi connectivity index (χ1n) is 7.61. The molecule has 21 heavy (non-hydrogen) atoms. The lowest BCUT2D eigenvalue weighted by molar-refractivity contribution is -0.0357. The molecule has 0 aliphatic carbocycles. The predicted octanol–water partition coefficient (Wildman–Crippen LogP) is 2.62. The molecule has 2 aliphatic rings. The second-order valence-corrected chi connectivity index (χ2v) is 5.87. The summed E-state index contributed by atoms with van der Waals surface area (Å²) in [5.74, 6) is 0.615. The summed E-state index contributed by atoms with van der Waals surface area (Å²) in [6.07, 6.45) is 2.55. The Morgan fingerprint density at radius 2 is 2.10 bits per heavy atom. The van der Waals surface area contributed by atoms with Gasteiger partial charge in [-0.2, -0.15) is 0 Å². The molecule has 1 unspecified atom stereocenters. The maximum atomic E-state index is 13.3. The van der Waals surface area contributed by atoms with E-state index >= 15 is 0 Å². The van der Waals surface area contributed by atoms with Crippen molar-refractivity contribution in [3.05, 3.63) is 35.6 Å². The standard InChI is InChI=1S/C16H23FN2O.ClH/c17-15-3-1-2-14(10-15)16-12-19(8-9-20-16)11-13-4-6-18-7-5-13;/h1-3,10,13,16,18H,4-9,11-12H2;1H. The van der Waals surface area contributed by atoms with Crippen molar-refractivity contribution in [2.75, 3.05) is 39.3 Å². The first-order chi connectivity index (χ1) is 9.81. The molecule has 0 spiro atoms. The predicted molar refractivity (Wildman–Crippen MR) is 84.4 cm³/mol. The Labute approximate surface area is 132 Å². The van der Waals surface area contributed by atoms with Crippen LogP contribution in [0.15, 0.2) is 24.3 Å². The van der Waals surface area contributed by atoms with Gasteiger partial charge >= 0.3 is 0 Å². The number of halogens is 2. The Kier molecular flexibility index (Phi) is 6.42. The summed E-state index contributed by atoms with van der Waals surface area (Å²) in [7, 11) is 0. The number of morpholine rings is 1. The first kappa shape index (κ1) is 16.7. The topological polar surface area (TPSA) is 24.5 Å². The van der Waals surface area contributed by atoms with Crippen LogP contribution in [0, 0.1) is 11.7 Å². The molecule has 118 valence electrons. The van der Waals surface area contributed by atoms with Crippen molar-refractivity contribution in [2.24, 2.45) is 5.92 Å². The fraction of sp³-hybridized carbons (Fsp3) is 0.625. The van der Waals surface area contributed by atoms with Crippen molar-refractivity contribution in [1.82, 2.24) is 10.2 Å². The van der Waals surface area contributed by atoms with Gasteiger partial charge in [0.15, 0.2) is 0 Å². The van der Waals surface area contributed by atoms with E-state index in [1.807, 2.05) is 6.07 Å². The monoisotopic (exact) mass is 314 g/mol. The number of nitrogens with one attached hydrogen (secondary N) is 1. The van der Waals surface area contributed by atoms with Crippen LogP contribution in [0.1, 0.15) is 24.5 Å². The van der Waals surface area contributed by atoms with Gasteiger partial charge in [0.1, 0.15) is 5.82 Å². The summed E-state index contributed by atoms with van der Waals surface area (Å²) >= 11 is 0. The lowest BCUT2D eigenvalue weighted by atomic mass is 9.97. The number of ether oxygens (including phenoxy) is 1. The molecular weight excluding hydrogens is 291 g/mol. The van der Waals surface area contributed by atoms with Crippen molar-refractivity contribution in [3.63, 3.8) is 0 Å². The van der Waals surface area contributed by atoms with Crippen LogP contribution in [-0.2, 0) is 4.74 Å². The summed E-state index contributed by atoms with van der Waals surface area (Å²) < 4.78 is 19.1. The average molecular weight is 315 g/mol. The molecule has 0 saturated carbocycles. The van der Waals surface area contributed by atoms with Gasteiger partial charge < -0.3 is 10.1 Å². The van der Waals surface area contributed by atoms with Crippen LogP contribution in [0.5, 0.6) is 0 Å². The SMILES string of the molecule is Cl.Fc1cccc(C2CN(CC3CCNCC3)CCO2)c1. The van der Waals surface area contributed by atoms with Gasteiger partial charge in [-0.3, -0.25) is 4.90 Å². The fourth-order valence-corrected chi connectivity index (χ4v) is 3.21. The van der Waals surface area contributed by atoms with E-state index in [0.29, 0.717) is 0 Å². The molecule has 5 heteroatoms. The minimum absolute atomic E-state index is 0. The Morgan fingerprint density at radius 3 is 2.86 bits per heavy atom. The number of hydrogen-bond acceptors (Lipinski definition) is 3. The average Bonchev–Trinajstić information content (AvgIpc) is 2.49. The number of nitrogens with zero attached hydrogens (tertiary/aromatic N) is 1. The van der Waals surface area contributed by atoms with Crippen LogP contribution in [-0.4, -0.2) is 44.2 Å². The van der Waals surface area contributed by atoms with Crippen LogP contribution in [0.2, 0.25) is 0 Å². The zero-order valence-electron chi connectivity index (χ0n) is 12.3. The summed E-state index contributed by atoms with van der Waals surface area (Å²) in [6, 6.07) is 6.80.